The van der Waals surface area contributed by atoms with Crippen LogP contribution < -0.4 is 4.90 Å². The first-order valence-electron chi connectivity index (χ1n) is 8.16. The first-order valence-corrected chi connectivity index (χ1v) is 9.31. The number of hydrogen-bond donors (Lipinski definition) is 0. The van der Waals surface area contributed by atoms with E-state index in [1.807, 2.05) is 18.7 Å². The predicted octanol–water partition coefficient (Wildman–Crippen LogP) is 3.79. The standard InChI is InChI=1S/C18H23N3OS/c1-3-22-14(2)15-4-6-16(7-5-15)17-8-9-18(20-19-17)21-10-12-23-13-11-21/h4-9,14H,3,10-13H2,1-2H3. The zero-order chi connectivity index (χ0) is 16.1. The van der Waals surface area contributed by atoms with Crippen molar-refractivity contribution in [2.75, 3.05) is 36.1 Å². The lowest BCUT2D eigenvalue weighted by molar-refractivity contribution is 0.0764. The Balaban J connectivity index is 1.71. The molecule has 0 aliphatic carbocycles. The summed E-state index contributed by atoms with van der Waals surface area (Å²) in [6.45, 7) is 6.93. The van der Waals surface area contributed by atoms with Crippen molar-refractivity contribution in [1.29, 1.82) is 0 Å². The van der Waals surface area contributed by atoms with E-state index in [0.29, 0.717) is 0 Å². The molecule has 122 valence electrons. The number of rotatable bonds is 5. The molecule has 0 amide bonds. The van der Waals surface area contributed by atoms with Crippen LogP contribution in [0.4, 0.5) is 5.82 Å². The molecule has 5 heteroatoms. The number of aromatic nitrogens is 2. The van der Waals surface area contributed by atoms with Crippen LogP contribution in [0.15, 0.2) is 36.4 Å². The lowest BCUT2D eigenvalue weighted by Crippen LogP contribution is -2.33. The Kier molecular flexibility index (Phi) is 5.51. The first kappa shape index (κ1) is 16.3. The summed E-state index contributed by atoms with van der Waals surface area (Å²) >= 11 is 2.00. The van der Waals surface area contributed by atoms with Crippen molar-refractivity contribution < 1.29 is 4.74 Å². The third-order valence-corrected chi connectivity index (χ3v) is 5.02. The largest absolute Gasteiger partial charge is 0.374 e. The highest BCUT2D eigenvalue weighted by Gasteiger charge is 2.13. The fourth-order valence-corrected chi connectivity index (χ4v) is 3.61. The minimum absolute atomic E-state index is 0.125. The van der Waals surface area contributed by atoms with E-state index in [2.05, 4.69) is 58.4 Å². The quantitative estimate of drug-likeness (QED) is 0.834. The molecule has 3 rings (SSSR count). The molecule has 1 atom stereocenters. The molecule has 1 aliphatic heterocycles. The van der Waals surface area contributed by atoms with Crippen molar-refractivity contribution in [3.63, 3.8) is 0 Å². The molecule has 1 unspecified atom stereocenters. The molecule has 1 aromatic heterocycles. The molecule has 2 heterocycles. The zero-order valence-corrected chi connectivity index (χ0v) is 14.6. The Morgan fingerprint density at radius 1 is 1.09 bits per heavy atom. The molecule has 1 aromatic carbocycles. The van der Waals surface area contributed by atoms with E-state index in [1.165, 1.54) is 17.1 Å². The average Bonchev–Trinajstić information content (AvgIpc) is 2.63. The van der Waals surface area contributed by atoms with Gasteiger partial charge >= 0.3 is 0 Å². The molecular formula is C18H23N3OS. The molecule has 1 fully saturated rings. The molecule has 2 aromatic rings. The number of benzene rings is 1. The maximum Gasteiger partial charge on any atom is 0.151 e. The molecule has 0 saturated carbocycles. The maximum absolute atomic E-state index is 5.62. The fraction of sp³-hybridized carbons (Fsp3) is 0.444. The summed E-state index contributed by atoms with van der Waals surface area (Å²) in [5.74, 6) is 3.32. The van der Waals surface area contributed by atoms with E-state index in [9.17, 15) is 0 Å². The van der Waals surface area contributed by atoms with Crippen LogP contribution in [0, 0.1) is 0 Å². The minimum Gasteiger partial charge on any atom is -0.374 e. The highest BCUT2D eigenvalue weighted by atomic mass is 32.2. The SMILES string of the molecule is CCOC(C)c1ccc(-c2ccc(N3CCSCC3)nn2)cc1. The van der Waals surface area contributed by atoms with Gasteiger partial charge in [0.05, 0.1) is 11.8 Å². The molecule has 0 bridgehead atoms. The Morgan fingerprint density at radius 2 is 1.83 bits per heavy atom. The molecule has 0 N–H and O–H groups in total. The van der Waals surface area contributed by atoms with Gasteiger partial charge in [-0.25, -0.2) is 0 Å². The van der Waals surface area contributed by atoms with Crippen LogP contribution in [0.1, 0.15) is 25.5 Å². The Labute approximate surface area is 142 Å². The van der Waals surface area contributed by atoms with Gasteiger partial charge < -0.3 is 9.64 Å². The lowest BCUT2D eigenvalue weighted by atomic mass is 10.1. The van der Waals surface area contributed by atoms with Gasteiger partial charge in [0.15, 0.2) is 5.82 Å². The van der Waals surface area contributed by atoms with Gasteiger partial charge in [0.25, 0.3) is 0 Å². The molecule has 1 saturated heterocycles. The summed E-state index contributed by atoms with van der Waals surface area (Å²) in [5, 5.41) is 8.81. The number of nitrogens with zero attached hydrogens (tertiary/aromatic N) is 3. The highest BCUT2D eigenvalue weighted by Crippen LogP contribution is 2.23. The topological polar surface area (TPSA) is 38.2 Å². The Hall–Kier alpha value is -1.59. The third-order valence-electron chi connectivity index (χ3n) is 4.08. The number of anilines is 1. The van der Waals surface area contributed by atoms with Crippen LogP contribution in [0.5, 0.6) is 0 Å². The van der Waals surface area contributed by atoms with Crippen LogP contribution in [0.3, 0.4) is 0 Å². The van der Waals surface area contributed by atoms with Crippen molar-refractivity contribution in [1.82, 2.24) is 10.2 Å². The molecular weight excluding hydrogens is 306 g/mol. The van der Waals surface area contributed by atoms with E-state index in [-0.39, 0.29) is 6.10 Å². The van der Waals surface area contributed by atoms with Crippen molar-refractivity contribution in [3.05, 3.63) is 42.0 Å². The Morgan fingerprint density at radius 3 is 2.43 bits per heavy atom. The summed E-state index contributed by atoms with van der Waals surface area (Å²) in [4.78, 5) is 2.31. The molecule has 0 radical (unpaired) electrons. The molecule has 0 spiro atoms. The number of ether oxygens (including phenoxy) is 1. The van der Waals surface area contributed by atoms with E-state index >= 15 is 0 Å². The molecule has 1 aliphatic rings. The number of hydrogen-bond acceptors (Lipinski definition) is 5. The van der Waals surface area contributed by atoms with Crippen molar-refractivity contribution in [2.45, 2.75) is 20.0 Å². The smallest absolute Gasteiger partial charge is 0.151 e. The second kappa shape index (κ2) is 7.79. The van der Waals surface area contributed by atoms with Gasteiger partial charge in [0, 0.05) is 36.8 Å². The van der Waals surface area contributed by atoms with Gasteiger partial charge in [-0.1, -0.05) is 24.3 Å². The molecule has 4 nitrogen and oxygen atoms in total. The van der Waals surface area contributed by atoms with Crippen LogP contribution in [-0.2, 0) is 4.74 Å². The van der Waals surface area contributed by atoms with Gasteiger partial charge in [-0.15, -0.1) is 10.2 Å². The summed E-state index contributed by atoms with van der Waals surface area (Å²) in [7, 11) is 0. The highest BCUT2D eigenvalue weighted by molar-refractivity contribution is 7.99. The van der Waals surface area contributed by atoms with Crippen molar-refractivity contribution in [2.24, 2.45) is 0 Å². The van der Waals surface area contributed by atoms with Crippen molar-refractivity contribution in [3.8, 4) is 11.3 Å². The Bertz CT molecular complexity index is 609. The fourth-order valence-electron chi connectivity index (χ4n) is 2.71. The first-order chi connectivity index (χ1) is 11.3. The van der Waals surface area contributed by atoms with Crippen LogP contribution >= 0.6 is 11.8 Å². The summed E-state index contributed by atoms with van der Waals surface area (Å²) in [6, 6.07) is 12.5. The number of thioether (sulfide) groups is 1. The monoisotopic (exact) mass is 329 g/mol. The van der Waals surface area contributed by atoms with Crippen molar-refractivity contribution >= 4 is 17.6 Å². The lowest BCUT2D eigenvalue weighted by Gasteiger charge is -2.26. The minimum atomic E-state index is 0.125. The van der Waals surface area contributed by atoms with Crippen LogP contribution in [-0.4, -0.2) is 41.4 Å². The van der Waals surface area contributed by atoms with Gasteiger partial charge in [-0.2, -0.15) is 11.8 Å². The second-order valence-electron chi connectivity index (χ2n) is 5.60. The van der Waals surface area contributed by atoms with E-state index < -0.39 is 0 Å². The average molecular weight is 329 g/mol. The van der Waals surface area contributed by atoms with E-state index in [1.54, 1.807) is 0 Å². The normalized spacial score (nSPS) is 16.3. The maximum atomic E-state index is 5.62. The van der Waals surface area contributed by atoms with E-state index in [4.69, 9.17) is 4.74 Å². The zero-order valence-electron chi connectivity index (χ0n) is 13.7. The summed E-state index contributed by atoms with van der Waals surface area (Å²) in [5.41, 5.74) is 3.19. The van der Waals surface area contributed by atoms with Gasteiger partial charge in [-0.05, 0) is 31.5 Å². The summed E-state index contributed by atoms with van der Waals surface area (Å²) < 4.78 is 5.62. The third kappa shape index (κ3) is 4.03. The predicted molar refractivity (Wildman–Crippen MR) is 97.0 cm³/mol. The van der Waals surface area contributed by atoms with Gasteiger partial charge in [0.2, 0.25) is 0 Å². The summed E-state index contributed by atoms with van der Waals surface area (Å²) in [6.07, 6.45) is 0.125. The van der Waals surface area contributed by atoms with Crippen LogP contribution in [0.25, 0.3) is 11.3 Å². The molecule has 23 heavy (non-hydrogen) atoms. The van der Waals surface area contributed by atoms with Gasteiger partial charge in [-0.3, -0.25) is 0 Å². The second-order valence-corrected chi connectivity index (χ2v) is 6.82. The van der Waals surface area contributed by atoms with Gasteiger partial charge in [0.1, 0.15) is 0 Å². The van der Waals surface area contributed by atoms with E-state index in [0.717, 1.165) is 36.8 Å². The van der Waals surface area contributed by atoms with Crippen LogP contribution in [0.2, 0.25) is 0 Å².